The number of hydrogen-bond donors (Lipinski definition) is 2. The van der Waals surface area contributed by atoms with E-state index in [1.807, 2.05) is 0 Å². The molecular weight excluding hydrogens is 400 g/mol. The Morgan fingerprint density at radius 3 is 2.74 bits per heavy atom. The lowest BCUT2D eigenvalue weighted by Crippen LogP contribution is -2.28. The van der Waals surface area contributed by atoms with Crippen molar-refractivity contribution in [3.63, 3.8) is 0 Å². The third-order valence-corrected chi connectivity index (χ3v) is 5.00. The standard InChI is InChI=1S/C21H22N6O4/c1-12-8-18(28)24-21(22-12)27-17(7-13(2)25-27)23-20(30)14-9-19(29)26(11-14)15-5-4-6-16(10-15)31-3/h4-8,10,14H,9,11H2,1-3H3,(H,23,30)(H,22,24,28)/t14-/m1/s1. The average Bonchev–Trinajstić information content (AvgIpc) is 3.29. The van der Waals surface area contributed by atoms with E-state index in [-0.39, 0.29) is 36.3 Å². The molecule has 1 saturated heterocycles. The van der Waals surface area contributed by atoms with Crippen molar-refractivity contribution in [3.05, 3.63) is 58.1 Å². The van der Waals surface area contributed by atoms with E-state index in [0.29, 0.717) is 28.6 Å². The van der Waals surface area contributed by atoms with E-state index < -0.39 is 5.92 Å². The highest BCUT2D eigenvalue weighted by atomic mass is 16.5. The van der Waals surface area contributed by atoms with Gasteiger partial charge in [-0.25, -0.2) is 4.98 Å². The van der Waals surface area contributed by atoms with Crippen molar-refractivity contribution in [1.29, 1.82) is 0 Å². The third kappa shape index (κ3) is 4.18. The first-order valence-electron chi connectivity index (χ1n) is 9.74. The summed E-state index contributed by atoms with van der Waals surface area (Å²) < 4.78 is 6.59. The highest BCUT2D eigenvalue weighted by Gasteiger charge is 2.35. The molecule has 3 heterocycles. The van der Waals surface area contributed by atoms with Gasteiger partial charge < -0.3 is 15.0 Å². The number of anilines is 2. The van der Waals surface area contributed by atoms with Gasteiger partial charge in [-0.1, -0.05) is 6.07 Å². The average molecular weight is 422 g/mol. The number of aromatic amines is 1. The van der Waals surface area contributed by atoms with Gasteiger partial charge in [0.1, 0.15) is 11.6 Å². The molecule has 2 aromatic heterocycles. The number of ether oxygens (including phenoxy) is 1. The number of H-pyrrole nitrogens is 1. The molecule has 0 aliphatic carbocycles. The second kappa shape index (κ2) is 8.05. The normalized spacial score (nSPS) is 15.9. The summed E-state index contributed by atoms with van der Waals surface area (Å²) in [5, 5.41) is 7.14. The van der Waals surface area contributed by atoms with Crippen molar-refractivity contribution < 1.29 is 14.3 Å². The van der Waals surface area contributed by atoms with Gasteiger partial charge in [0.15, 0.2) is 0 Å². The number of carbonyl (C=O) groups is 2. The smallest absolute Gasteiger partial charge is 0.252 e. The molecule has 1 atom stereocenters. The minimum Gasteiger partial charge on any atom is -0.497 e. The molecule has 0 radical (unpaired) electrons. The number of amides is 2. The van der Waals surface area contributed by atoms with E-state index in [4.69, 9.17) is 4.74 Å². The van der Waals surface area contributed by atoms with Gasteiger partial charge in [-0.05, 0) is 26.0 Å². The summed E-state index contributed by atoms with van der Waals surface area (Å²) in [6.07, 6.45) is 0.0929. The van der Waals surface area contributed by atoms with Gasteiger partial charge in [0, 0.05) is 42.5 Å². The van der Waals surface area contributed by atoms with Gasteiger partial charge in [-0.2, -0.15) is 9.78 Å². The zero-order chi connectivity index (χ0) is 22.1. The molecule has 2 N–H and O–H groups in total. The van der Waals surface area contributed by atoms with Crippen LogP contribution in [0.4, 0.5) is 11.5 Å². The quantitative estimate of drug-likeness (QED) is 0.644. The van der Waals surface area contributed by atoms with E-state index in [9.17, 15) is 14.4 Å². The molecule has 160 valence electrons. The molecule has 4 rings (SSSR count). The lowest BCUT2D eigenvalue weighted by molar-refractivity contribution is -0.122. The minimum absolute atomic E-state index is 0.0929. The maximum Gasteiger partial charge on any atom is 0.252 e. The van der Waals surface area contributed by atoms with Gasteiger partial charge in [0.25, 0.3) is 5.56 Å². The largest absolute Gasteiger partial charge is 0.497 e. The summed E-state index contributed by atoms with van der Waals surface area (Å²) in [5.41, 5.74) is 1.53. The van der Waals surface area contributed by atoms with Crippen molar-refractivity contribution in [2.45, 2.75) is 20.3 Å². The monoisotopic (exact) mass is 422 g/mol. The highest BCUT2D eigenvalue weighted by Crippen LogP contribution is 2.28. The lowest BCUT2D eigenvalue weighted by atomic mass is 10.1. The van der Waals surface area contributed by atoms with E-state index in [1.165, 1.54) is 10.7 Å². The first kappa shape index (κ1) is 20.3. The number of nitrogens with one attached hydrogen (secondary N) is 2. The number of aromatic nitrogens is 4. The van der Waals surface area contributed by atoms with E-state index in [2.05, 4.69) is 20.4 Å². The van der Waals surface area contributed by atoms with Crippen molar-refractivity contribution in [1.82, 2.24) is 19.7 Å². The van der Waals surface area contributed by atoms with Crippen LogP contribution in [0.3, 0.4) is 0 Å². The molecule has 3 aromatic rings. The van der Waals surface area contributed by atoms with Crippen LogP contribution in [0, 0.1) is 19.8 Å². The van der Waals surface area contributed by atoms with Crippen LogP contribution < -0.4 is 20.5 Å². The first-order valence-corrected chi connectivity index (χ1v) is 9.74. The van der Waals surface area contributed by atoms with Gasteiger partial charge in [0.2, 0.25) is 17.8 Å². The Morgan fingerprint density at radius 2 is 2.00 bits per heavy atom. The number of methoxy groups -OCH3 is 1. The van der Waals surface area contributed by atoms with E-state index >= 15 is 0 Å². The van der Waals surface area contributed by atoms with Crippen LogP contribution in [-0.2, 0) is 9.59 Å². The first-order chi connectivity index (χ1) is 14.8. The SMILES string of the molecule is COc1cccc(N2C[C@H](C(=O)Nc3cc(C)nn3-c3nc(C)cc(=O)[nH]3)CC2=O)c1. The Balaban J connectivity index is 1.54. The predicted octanol–water partition coefficient (Wildman–Crippen LogP) is 1.57. The zero-order valence-electron chi connectivity index (χ0n) is 17.4. The molecule has 1 aliphatic heterocycles. The number of nitrogens with zero attached hydrogens (tertiary/aromatic N) is 4. The second-order valence-corrected chi connectivity index (χ2v) is 7.39. The number of aryl methyl sites for hydroxylation is 2. The topological polar surface area (TPSA) is 122 Å². The second-order valence-electron chi connectivity index (χ2n) is 7.39. The Kier molecular flexibility index (Phi) is 5.28. The van der Waals surface area contributed by atoms with Crippen LogP contribution >= 0.6 is 0 Å². The number of hydrogen-bond acceptors (Lipinski definition) is 6. The summed E-state index contributed by atoms with van der Waals surface area (Å²) >= 11 is 0. The van der Waals surface area contributed by atoms with Crippen LogP contribution in [-0.4, -0.2) is 45.2 Å². The van der Waals surface area contributed by atoms with Crippen LogP contribution in [0.5, 0.6) is 5.75 Å². The zero-order valence-corrected chi connectivity index (χ0v) is 17.4. The fourth-order valence-electron chi connectivity index (χ4n) is 3.55. The predicted molar refractivity (Wildman–Crippen MR) is 114 cm³/mol. The minimum atomic E-state index is -0.535. The van der Waals surface area contributed by atoms with Gasteiger partial charge >= 0.3 is 0 Å². The maximum atomic E-state index is 12.9. The Morgan fingerprint density at radius 1 is 1.19 bits per heavy atom. The summed E-state index contributed by atoms with van der Waals surface area (Å²) in [4.78, 5) is 45.8. The molecule has 31 heavy (non-hydrogen) atoms. The summed E-state index contributed by atoms with van der Waals surface area (Å²) in [7, 11) is 1.56. The molecule has 0 spiro atoms. The van der Waals surface area contributed by atoms with Crippen LogP contribution in [0.1, 0.15) is 17.8 Å². The third-order valence-electron chi connectivity index (χ3n) is 5.00. The van der Waals surface area contributed by atoms with Crippen molar-refractivity contribution in [2.24, 2.45) is 5.92 Å². The van der Waals surface area contributed by atoms with Crippen molar-refractivity contribution in [2.75, 3.05) is 23.9 Å². The number of benzene rings is 1. The van der Waals surface area contributed by atoms with E-state index in [1.54, 1.807) is 56.2 Å². The van der Waals surface area contributed by atoms with Gasteiger partial charge in [0.05, 0.1) is 18.7 Å². The summed E-state index contributed by atoms with van der Waals surface area (Å²) in [6.45, 7) is 3.72. The molecule has 0 bridgehead atoms. The Bertz CT molecular complexity index is 1210. The number of rotatable bonds is 5. The Hall–Kier alpha value is -3.95. The molecule has 0 unspecified atom stereocenters. The van der Waals surface area contributed by atoms with Gasteiger partial charge in [-0.15, -0.1) is 0 Å². The van der Waals surface area contributed by atoms with Crippen LogP contribution in [0.2, 0.25) is 0 Å². The molecule has 0 saturated carbocycles. The van der Waals surface area contributed by atoms with Crippen LogP contribution in [0.25, 0.3) is 5.95 Å². The number of carbonyl (C=O) groups excluding carboxylic acids is 2. The molecule has 1 aliphatic rings. The van der Waals surface area contributed by atoms with Crippen molar-refractivity contribution in [3.8, 4) is 11.7 Å². The molecule has 1 fully saturated rings. The summed E-state index contributed by atoms with van der Waals surface area (Å²) in [6, 6.07) is 10.2. The lowest BCUT2D eigenvalue weighted by Gasteiger charge is -2.17. The van der Waals surface area contributed by atoms with Gasteiger partial charge in [-0.3, -0.25) is 19.4 Å². The summed E-state index contributed by atoms with van der Waals surface area (Å²) in [5.74, 6) is 0.221. The van der Waals surface area contributed by atoms with Crippen LogP contribution in [0.15, 0.2) is 41.2 Å². The maximum absolute atomic E-state index is 12.9. The van der Waals surface area contributed by atoms with E-state index in [0.717, 1.165) is 0 Å². The molecule has 1 aromatic carbocycles. The molecule has 10 nitrogen and oxygen atoms in total. The highest BCUT2D eigenvalue weighted by molar-refractivity contribution is 6.03. The molecule has 2 amide bonds. The Labute approximate surface area is 177 Å². The fourth-order valence-corrected chi connectivity index (χ4v) is 3.55. The fraction of sp³-hybridized carbons (Fsp3) is 0.286. The molecular formula is C21H22N6O4. The molecule has 10 heteroatoms. The van der Waals surface area contributed by atoms with Crippen molar-refractivity contribution >= 4 is 23.3 Å².